The first-order chi connectivity index (χ1) is 10.0. The molecule has 0 radical (unpaired) electrons. The molecule has 0 bridgehead atoms. The number of likely N-dealkylation sites (tertiary alicyclic amines) is 1. The van der Waals surface area contributed by atoms with Crippen LogP contribution in [0.5, 0.6) is 0 Å². The first-order valence-electron chi connectivity index (χ1n) is 6.72. The molecule has 1 saturated heterocycles. The van der Waals surface area contributed by atoms with Crippen molar-refractivity contribution in [1.29, 1.82) is 0 Å². The van der Waals surface area contributed by atoms with E-state index in [2.05, 4.69) is 0 Å². The summed E-state index contributed by atoms with van der Waals surface area (Å²) in [6.45, 7) is 2.02. The Morgan fingerprint density at radius 1 is 1.43 bits per heavy atom. The summed E-state index contributed by atoms with van der Waals surface area (Å²) < 4.78 is 1.11. The Morgan fingerprint density at radius 2 is 2.14 bits per heavy atom. The maximum Gasteiger partial charge on any atom is 0.346 e. The number of carbonyl (C=O) groups is 1. The molecule has 1 unspecified atom stereocenters. The van der Waals surface area contributed by atoms with Gasteiger partial charge in [0.25, 0.3) is 5.52 Å². The molecule has 3 rings (SSSR count). The number of hydrogen-bond acceptors (Lipinski definition) is 4. The van der Waals surface area contributed by atoms with E-state index in [-0.39, 0.29) is 29.0 Å². The number of aliphatic hydroxyl groups is 1. The van der Waals surface area contributed by atoms with Crippen molar-refractivity contribution in [3.63, 3.8) is 0 Å². The summed E-state index contributed by atoms with van der Waals surface area (Å²) in [5, 5.41) is 21.7. The number of β-amino-alcohol motifs (C(OH)–C–C–N with tert-alkyl or cyclic N) is 1. The molecule has 110 valence electrons. The number of rotatable bonds is 1. The van der Waals surface area contributed by atoms with Crippen molar-refractivity contribution in [2.24, 2.45) is 0 Å². The summed E-state index contributed by atoms with van der Waals surface area (Å²) in [7, 11) is 0. The van der Waals surface area contributed by atoms with E-state index in [1.165, 1.54) is 24.0 Å². The Morgan fingerprint density at radius 3 is 2.81 bits per heavy atom. The molecule has 1 fully saturated rings. The SMILES string of the molecule is Cc1c(C(=O)N2CCC(O)C2)[n+](=O)c2ccccc2n1[O-]. The third-order valence-electron chi connectivity index (χ3n) is 3.82. The topological polar surface area (TPSA) is 91.5 Å². The van der Waals surface area contributed by atoms with Crippen LogP contribution in [0, 0.1) is 17.0 Å². The average Bonchev–Trinajstić information content (AvgIpc) is 2.91. The predicted molar refractivity (Wildman–Crippen MR) is 75.3 cm³/mol. The highest BCUT2D eigenvalue weighted by Crippen LogP contribution is 2.17. The van der Waals surface area contributed by atoms with E-state index < -0.39 is 12.0 Å². The second-order valence-electron chi connectivity index (χ2n) is 5.21. The number of carbonyl (C=O) groups excluding carboxylic acids is 1. The van der Waals surface area contributed by atoms with Crippen LogP contribution in [0.15, 0.2) is 24.3 Å². The van der Waals surface area contributed by atoms with Crippen LogP contribution in [0.1, 0.15) is 22.6 Å². The zero-order valence-electron chi connectivity index (χ0n) is 11.5. The van der Waals surface area contributed by atoms with Gasteiger partial charge in [0.2, 0.25) is 0 Å². The summed E-state index contributed by atoms with van der Waals surface area (Å²) in [5.74, 6) is -0.519. The lowest BCUT2D eigenvalue weighted by Crippen LogP contribution is -2.39. The van der Waals surface area contributed by atoms with Gasteiger partial charge in [0.05, 0.1) is 16.2 Å². The Kier molecular flexibility index (Phi) is 3.13. The fourth-order valence-corrected chi connectivity index (χ4v) is 2.67. The molecule has 1 atom stereocenters. The number of benzene rings is 1. The summed E-state index contributed by atoms with van der Waals surface area (Å²) in [6, 6.07) is 6.35. The minimum absolute atomic E-state index is 0.0649. The number of aliphatic hydroxyl groups excluding tert-OH is 1. The van der Waals surface area contributed by atoms with Gasteiger partial charge in [0.15, 0.2) is 0 Å². The highest BCUT2D eigenvalue weighted by molar-refractivity contribution is 5.93. The zero-order chi connectivity index (χ0) is 15.1. The largest absolute Gasteiger partial charge is 0.805 e. The van der Waals surface area contributed by atoms with Crippen LogP contribution in [-0.4, -0.2) is 39.8 Å². The van der Waals surface area contributed by atoms with Gasteiger partial charge in [-0.25, -0.2) is 0 Å². The highest BCUT2D eigenvalue weighted by Gasteiger charge is 2.34. The van der Waals surface area contributed by atoms with Gasteiger partial charge >= 0.3 is 11.6 Å². The monoisotopic (exact) mass is 289 g/mol. The van der Waals surface area contributed by atoms with E-state index in [9.17, 15) is 20.0 Å². The lowest BCUT2D eigenvalue weighted by atomic mass is 10.2. The average molecular weight is 289 g/mol. The van der Waals surface area contributed by atoms with Gasteiger partial charge in [-0.05, 0) is 19.4 Å². The second kappa shape index (κ2) is 4.85. The smallest absolute Gasteiger partial charge is 0.346 e. The van der Waals surface area contributed by atoms with Gasteiger partial charge in [-0.15, -0.1) is 0 Å². The molecule has 1 aromatic heterocycles. The molecule has 1 N–H and O–H groups in total. The molecule has 7 nitrogen and oxygen atoms in total. The minimum Gasteiger partial charge on any atom is -0.805 e. The van der Waals surface area contributed by atoms with Gasteiger partial charge in [-0.3, -0.25) is 4.79 Å². The molecule has 2 heterocycles. The summed E-state index contributed by atoms with van der Waals surface area (Å²) in [5.41, 5.74) is 0.261. The molecule has 0 saturated carbocycles. The number of amides is 1. The molecule has 7 heteroatoms. The summed E-state index contributed by atoms with van der Waals surface area (Å²) in [4.78, 5) is 26.3. The summed E-state index contributed by atoms with van der Waals surface area (Å²) in [6.07, 6.45) is -0.0941. The van der Waals surface area contributed by atoms with Crippen LogP contribution in [-0.2, 0) is 0 Å². The number of hydrogen-bond donors (Lipinski definition) is 1. The van der Waals surface area contributed by atoms with E-state index >= 15 is 0 Å². The lowest BCUT2D eigenvalue weighted by molar-refractivity contribution is -0.469. The normalized spacial score (nSPS) is 18.4. The van der Waals surface area contributed by atoms with Gasteiger partial charge < -0.3 is 19.9 Å². The lowest BCUT2D eigenvalue weighted by Gasteiger charge is -2.18. The number of aromatic nitrogens is 2. The Labute approximate surface area is 120 Å². The first kappa shape index (κ1) is 13.6. The zero-order valence-corrected chi connectivity index (χ0v) is 11.5. The molecule has 1 aliphatic rings. The van der Waals surface area contributed by atoms with Gasteiger partial charge in [0.1, 0.15) is 5.52 Å². The molecule has 0 spiro atoms. The number of nitrogens with zero attached hydrogens (tertiary/aromatic N) is 3. The van der Waals surface area contributed by atoms with E-state index in [1.54, 1.807) is 12.1 Å². The van der Waals surface area contributed by atoms with Crippen LogP contribution in [0.4, 0.5) is 0 Å². The Hall–Kier alpha value is -2.41. The highest BCUT2D eigenvalue weighted by atomic mass is 16.5. The van der Waals surface area contributed by atoms with E-state index in [0.29, 0.717) is 22.1 Å². The third kappa shape index (κ3) is 2.06. The maximum absolute atomic E-state index is 12.5. The van der Waals surface area contributed by atoms with Crippen molar-refractivity contribution in [2.75, 3.05) is 13.1 Å². The first-order valence-corrected chi connectivity index (χ1v) is 6.72. The quantitative estimate of drug-likeness (QED) is 0.770. The van der Waals surface area contributed by atoms with Crippen molar-refractivity contribution in [3.8, 4) is 0 Å². The minimum atomic E-state index is -0.575. The van der Waals surface area contributed by atoms with E-state index in [4.69, 9.17) is 0 Å². The van der Waals surface area contributed by atoms with Crippen molar-refractivity contribution < 1.29 is 14.3 Å². The number of fused-ring (bicyclic) bond motifs is 1. The van der Waals surface area contributed by atoms with Crippen LogP contribution >= 0.6 is 0 Å². The van der Waals surface area contributed by atoms with Crippen molar-refractivity contribution in [1.82, 2.24) is 9.63 Å². The van der Waals surface area contributed by atoms with Crippen molar-refractivity contribution >= 4 is 16.9 Å². The van der Waals surface area contributed by atoms with Gasteiger partial charge in [-0.1, -0.05) is 12.1 Å². The molecule has 1 aliphatic heterocycles. The Balaban J connectivity index is 2.19. The van der Waals surface area contributed by atoms with Gasteiger partial charge in [-0.2, -0.15) is 0 Å². The van der Waals surface area contributed by atoms with Crippen molar-refractivity contribution in [2.45, 2.75) is 19.4 Å². The van der Waals surface area contributed by atoms with Crippen molar-refractivity contribution in [3.05, 3.63) is 45.8 Å². The molecule has 1 aromatic carbocycles. The third-order valence-corrected chi connectivity index (χ3v) is 3.82. The molecule has 21 heavy (non-hydrogen) atoms. The number of para-hydroxylation sites is 2. The molecule has 1 amide bonds. The standard InChI is InChI=1S/C14H15N3O4/c1-9-13(14(19)15-7-6-10(18)8-15)17(21)12-5-3-2-4-11(12)16(9)20/h2-5,10,18H,6-8H2,1H3. The fourth-order valence-electron chi connectivity index (χ4n) is 2.67. The van der Waals surface area contributed by atoms with Gasteiger partial charge in [0, 0.05) is 24.1 Å². The molecule has 0 aliphatic carbocycles. The van der Waals surface area contributed by atoms with E-state index in [0.717, 1.165) is 0 Å². The van der Waals surface area contributed by atoms with Crippen LogP contribution in [0.3, 0.4) is 0 Å². The summed E-state index contributed by atoms with van der Waals surface area (Å²) >= 11 is 0. The van der Waals surface area contributed by atoms with Crippen LogP contribution < -0.4 is 4.43 Å². The molecule has 2 aromatic rings. The predicted octanol–water partition coefficient (Wildman–Crippen LogP) is 0.417. The second-order valence-corrected chi connectivity index (χ2v) is 5.21. The molecular formula is C14H15N3O4. The van der Waals surface area contributed by atoms with E-state index in [1.807, 2.05) is 0 Å². The maximum atomic E-state index is 12.5. The molecular weight excluding hydrogens is 274 g/mol. The fraction of sp³-hybridized carbons (Fsp3) is 0.357. The van der Waals surface area contributed by atoms with Crippen LogP contribution in [0.2, 0.25) is 0 Å². The Bertz CT molecular complexity index is 784. The van der Waals surface area contributed by atoms with Crippen LogP contribution in [0.25, 0.3) is 11.0 Å².